The maximum atomic E-state index is 14.1. The topological polar surface area (TPSA) is 12.0 Å². The van der Waals surface area contributed by atoms with Gasteiger partial charge in [0.25, 0.3) is 0 Å². The lowest BCUT2D eigenvalue weighted by Crippen LogP contribution is -2.22. The smallest absolute Gasteiger partial charge is 0.145 e. The van der Waals surface area contributed by atoms with E-state index in [2.05, 4.69) is 21.2 Å². The van der Waals surface area contributed by atoms with Gasteiger partial charge in [0.1, 0.15) is 17.5 Å². The number of aryl methyl sites for hydroxylation is 1. The minimum absolute atomic E-state index is 0.140. The van der Waals surface area contributed by atoms with E-state index in [1.807, 2.05) is 0 Å². The Balaban J connectivity index is 2.61. The summed E-state index contributed by atoms with van der Waals surface area (Å²) in [6.45, 7) is 1.75. The standard InChI is InChI=1S/C15H13BrF3N/c1-8-3-4-9(12(18)7-8)15(20-2)13-11(17)6-5-10(16)14(13)19/h3-7,15,20H,1-2H3. The molecule has 0 spiro atoms. The third-order valence-corrected chi connectivity index (χ3v) is 3.74. The van der Waals surface area contributed by atoms with Crippen molar-refractivity contribution in [1.29, 1.82) is 0 Å². The van der Waals surface area contributed by atoms with E-state index in [1.165, 1.54) is 25.2 Å². The van der Waals surface area contributed by atoms with Crippen LogP contribution in [-0.4, -0.2) is 7.05 Å². The molecule has 20 heavy (non-hydrogen) atoms. The Hall–Kier alpha value is -1.33. The fourth-order valence-corrected chi connectivity index (χ4v) is 2.47. The lowest BCUT2D eigenvalue weighted by Gasteiger charge is -2.20. The van der Waals surface area contributed by atoms with Crippen LogP contribution in [0, 0.1) is 24.4 Å². The first-order valence-corrected chi connectivity index (χ1v) is 6.81. The first-order chi connectivity index (χ1) is 9.45. The monoisotopic (exact) mass is 343 g/mol. The number of halogens is 4. The van der Waals surface area contributed by atoms with Crippen LogP contribution in [0.25, 0.3) is 0 Å². The van der Waals surface area contributed by atoms with Gasteiger partial charge in [0, 0.05) is 11.1 Å². The Bertz CT molecular complexity index is 643. The summed E-state index contributed by atoms with van der Waals surface area (Å²) >= 11 is 3.02. The van der Waals surface area contributed by atoms with Crippen LogP contribution >= 0.6 is 15.9 Å². The van der Waals surface area contributed by atoms with E-state index in [-0.39, 0.29) is 15.6 Å². The van der Waals surface area contributed by atoms with E-state index in [0.717, 1.165) is 11.6 Å². The lowest BCUT2D eigenvalue weighted by molar-refractivity contribution is 0.505. The summed E-state index contributed by atoms with van der Waals surface area (Å²) in [5.41, 5.74) is 0.745. The molecule has 0 fully saturated rings. The van der Waals surface area contributed by atoms with Gasteiger partial charge in [0.05, 0.1) is 10.5 Å². The maximum absolute atomic E-state index is 14.1. The molecule has 1 unspecified atom stereocenters. The maximum Gasteiger partial charge on any atom is 0.145 e. The van der Waals surface area contributed by atoms with Crippen molar-refractivity contribution in [1.82, 2.24) is 5.32 Å². The molecule has 0 saturated heterocycles. The van der Waals surface area contributed by atoms with Gasteiger partial charge in [-0.1, -0.05) is 12.1 Å². The minimum Gasteiger partial charge on any atom is -0.309 e. The third-order valence-electron chi connectivity index (χ3n) is 3.12. The zero-order valence-electron chi connectivity index (χ0n) is 11.0. The lowest BCUT2D eigenvalue weighted by atomic mass is 9.96. The third kappa shape index (κ3) is 2.74. The largest absolute Gasteiger partial charge is 0.309 e. The van der Waals surface area contributed by atoms with Gasteiger partial charge < -0.3 is 5.32 Å². The highest BCUT2D eigenvalue weighted by molar-refractivity contribution is 9.10. The fraction of sp³-hybridized carbons (Fsp3) is 0.200. The van der Waals surface area contributed by atoms with E-state index < -0.39 is 23.5 Å². The molecule has 0 amide bonds. The molecule has 1 atom stereocenters. The van der Waals surface area contributed by atoms with E-state index in [1.54, 1.807) is 13.0 Å². The first-order valence-electron chi connectivity index (χ1n) is 6.02. The average Bonchev–Trinajstić information content (AvgIpc) is 2.40. The van der Waals surface area contributed by atoms with Crippen LogP contribution in [0.4, 0.5) is 13.2 Å². The fourth-order valence-electron chi connectivity index (χ4n) is 2.13. The quantitative estimate of drug-likeness (QED) is 0.810. The summed E-state index contributed by atoms with van der Waals surface area (Å²) in [6, 6.07) is 6.12. The highest BCUT2D eigenvalue weighted by Crippen LogP contribution is 2.31. The summed E-state index contributed by atoms with van der Waals surface area (Å²) in [6.07, 6.45) is 0. The molecule has 2 rings (SSSR count). The van der Waals surface area contributed by atoms with Gasteiger partial charge in [-0.3, -0.25) is 0 Å². The Morgan fingerprint density at radius 3 is 2.35 bits per heavy atom. The predicted octanol–water partition coefficient (Wildman–Crippen LogP) is 4.48. The van der Waals surface area contributed by atoms with Gasteiger partial charge in [-0.25, -0.2) is 13.2 Å². The van der Waals surface area contributed by atoms with Crippen molar-refractivity contribution in [2.45, 2.75) is 13.0 Å². The number of hydrogen-bond donors (Lipinski definition) is 1. The van der Waals surface area contributed by atoms with Crippen molar-refractivity contribution in [3.05, 3.63) is 68.9 Å². The molecule has 2 aromatic rings. The summed E-state index contributed by atoms with van der Waals surface area (Å²) in [4.78, 5) is 0. The van der Waals surface area contributed by atoms with E-state index in [4.69, 9.17) is 0 Å². The summed E-state index contributed by atoms with van der Waals surface area (Å²) in [7, 11) is 1.53. The molecule has 0 saturated carbocycles. The minimum atomic E-state index is -0.895. The van der Waals surface area contributed by atoms with Gasteiger partial charge >= 0.3 is 0 Å². The van der Waals surface area contributed by atoms with Gasteiger partial charge in [-0.2, -0.15) is 0 Å². The van der Waals surface area contributed by atoms with Gasteiger partial charge in [-0.15, -0.1) is 0 Å². The molecule has 0 aliphatic carbocycles. The van der Waals surface area contributed by atoms with Crippen molar-refractivity contribution in [3.63, 3.8) is 0 Å². The zero-order valence-corrected chi connectivity index (χ0v) is 12.6. The van der Waals surface area contributed by atoms with Crippen molar-refractivity contribution in [3.8, 4) is 0 Å². The van der Waals surface area contributed by atoms with Crippen LogP contribution in [0.1, 0.15) is 22.7 Å². The number of rotatable bonds is 3. The molecule has 0 bridgehead atoms. The van der Waals surface area contributed by atoms with Gasteiger partial charge in [-0.05, 0) is 53.7 Å². The molecule has 2 aromatic carbocycles. The number of hydrogen-bond acceptors (Lipinski definition) is 1. The Morgan fingerprint density at radius 2 is 1.75 bits per heavy atom. The van der Waals surface area contributed by atoms with Crippen molar-refractivity contribution in [2.75, 3.05) is 7.05 Å². The average molecular weight is 344 g/mol. The van der Waals surface area contributed by atoms with Crippen LogP contribution < -0.4 is 5.32 Å². The van der Waals surface area contributed by atoms with Crippen LogP contribution in [-0.2, 0) is 0 Å². The number of benzene rings is 2. The molecule has 0 heterocycles. The molecule has 1 nitrogen and oxygen atoms in total. The normalized spacial score (nSPS) is 12.5. The molecular weight excluding hydrogens is 331 g/mol. The molecule has 5 heteroatoms. The second kappa shape index (κ2) is 5.97. The SMILES string of the molecule is CNC(c1ccc(C)cc1F)c1c(F)ccc(Br)c1F. The molecular formula is C15H13BrF3N. The zero-order chi connectivity index (χ0) is 14.9. The molecule has 0 aliphatic rings. The van der Waals surface area contributed by atoms with E-state index in [9.17, 15) is 13.2 Å². The van der Waals surface area contributed by atoms with Crippen LogP contribution in [0.2, 0.25) is 0 Å². The first kappa shape index (κ1) is 15.1. The van der Waals surface area contributed by atoms with Crippen LogP contribution in [0.3, 0.4) is 0 Å². The van der Waals surface area contributed by atoms with Gasteiger partial charge in [0.2, 0.25) is 0 Å². The number of nitrogens with one attached hydrogen (secondary N) is 1. The highest BCUT2D eigenvalue weighted by Gasteiger charge is 2.24. The second-order valence-corrected chi connectivity index (χ2v) is 5.36. The van der Waals surface area contributed by atoms with E-state index in [0.29, 0.717) is 0 Å². The summed E-state index contributed by atoms with van der Waals surface area (Å²) < 4.78 is 42.3. The molecule has 0 aromatic heterocycles. The Labute approximate surface area is 123 Å². The molecule has 0 aliphatic heterocycles. The highest BCUT2D eigenvalue weighted by atomic mass is 79.9. The van der Waals surface area contributed by atoms with Crippen molar-refractivity contribution in [2.24, 2.45) is 0 Å². The Morgan fingerprint density at radius 1 is 1.05 bits per heavy atom. The van der Waals surface area contributed by atoms with Crippen LogP contribution in [0.15, 0.2) is 34.8 Å². The second-order valence-electron chi connectivity index (χ2n) is 4.50. The molecule has 1 N–H and O–H groups in total. The van der Waals surface area contributed by atoms with Crippen molar-refractivity contribution >= 4 is 15.9 Å². The van der Waals surface area contributed by atoms with E-state index >= 15 is 0 Å². The molecule has 106 valence electrons. The van der Waals surface area contributed by atoms with Gasteiger partial charge in [0.15, 0.2) is 0 Å². The summed E-state index contributed by atoms with van der Waals surface area (Å²) in [5.74, 6) is -1.95. The molecule has 0 radical (unpaired) electrons. The van der Waals surface area contributed by atoms with Crippen molar-refractivity contribution < 1.29 is 13.2 Å². The van der Waals surface area contributed by atoms with Crippen LogP contribution in [0.5, 0.6) is 0 Å². The Kier molecular flexibility index (Phi) is 4.50. The summed E-state index contributed by atoms with van der Waals surface area (Å²) in [5, 5.41) is 2.76. The predicted molar refractivity (Wildman–Crippen MR) is 76.1 cm³/mol.